The van der Waals surface area contributed by atoms with Crippen molar-refractivity contribution in [3.8, 4) is 17.2 Å². The Morgan fingerprint density at radius 2 is 1.76 bits per heavy atom. The summed E-state index contributed by atoms with van der Waals surface area (Å²) in [4.78, 5) is 14.8. The molecule has 0 aliphatic rings. The van der Waals surface area contributed by atoms with E-state index >= 15 is 0 Å². The highest BCUT2D eigenvalue weighted by Gasteiger charge is 2.22. The molecule has 0 N–H and O–H groups in total. The number of amides is 1. The average Bonchev–Trinajstić information content (AvgIpc) is 3.24. The maximum atomic E-state index is 13.1. The van der Waals surface area contributed by atoms with Crippen molar-refractivity contribution >= 4 is 5.91 Å². The zero-order valence-corrected chi connectivity index (χ0v) is 16.9. The second-order valence-electron chi connectivity index (χ2n) is 6.39. The van der Waals surface area contributed by atoms with Gasteiger partial charge in [-0.05, 0) is 42.8 Å². The van der Waals surface area contributed by atoms with Crippen LogP contribution in [0.1, 0.15) is 28.6 Å². The Morgan fingerprint density at radius 3 is 2.45 bits per heavy atom. The number of hydrogen-bond acceptors (Lipinski definition) is 5. The predicted molar refractivity (Wildman–Crippen MR) is 109 cm³/mol. The third-order valence-corrected chi connectivity index (χ3v) is 4.57. The van der Waals surface area contributed by atoms with Gasteiger partial charge in [-0.25, -0.2) is 0 Å². The van der Waals surface area contributed by atoms with Crippen LogP contribution in [0.5, 0.6) is 17.2 Å². The molecule has 29 heavy (non-hydrogen) atoms. The van der Waals surface area contributed by atoms with E-state index in [1.165, 1.54) is 6.26 Å². The summed E-state index contributed by atoms with van der Waals surface area (Å²) in [7, 11) is 3.18. The summed E-state index contributed by atoms with van der Waals surface area (Å²) in [5.41, 5.74) is 1.65. The Hall–Kier alpha value is -3.41. The molecule has 3 rings (SSSR count). The molecule has 0 radical (unpaired) electrons. The zero-order chi connectivity index (χ0) is 20.6. The van der Waals surface area contributed by atoms with Gasteiger partial charge in [-0.3, -0.25) is 4.79 Å². The number of methoxy groups -OCH3 is 2. The van der Waals surface area contributed by atoms with Crippen LogP contribution in [-0.2, 0) is 13.2 Å². The molecule has 1 heterocycles. The number of carbonyl (C=O) groups excluding carboxylic acids is 1. The first-order valence-electron chi connectivity index (χ1n) is 9.40. The molecule has 1 aromatic heterocycles. The van der Waals surface area contributed by atoms with Crippen LogP contribution in [0.25, 0.3) is 0 Å². The highest BCUT2D eigenvalue weighted by molar-refractivity contribution is 5.92. The first-order chi connectivity index (χ1) is 14.2. The zero-order valence-electron chi connectivity index (χ0n) is 16.9. The Labute approximate surface area is 170 Å². The molecule has 0 bridgehead atoms. The number of furan rings is 1. The fourth-order valence-electron chi connectivity index (χ4n) is 2.98. The molecule has 6 nitrogen and oxygen atoms in total. The first-order valence-corrected chi connectivity index (χ1v) is 9.40. The average molecular weight is 395 g/mol. The Balaban J connectivity index is 1.72. The second kappa shape index (κ2) is 9.68. The summed E-state index contributed by atoms with van der Waals surface area (Å²) in [5.74, 6) is 2.13. The lowest BCUT2D eigenvalue weighted by molar-refractivity contribution is 0.0716. The minimum absolute atomic E-state index is 0.182. The van der Waals surface area contributed by atoms with Crippen molar-refractivity contribution in [1.29, 1.82) is 0 Å². The molecule has 3 aromatic rings. The summed E-state index contributed by atoms with van der Waals surface area (Å²) in [6.07, 6.45) is 1.52. The fraction of sp³-hybridized carbons (Fsp3) is 0.261. The molecular weight excluding hydrogens is 370 g/mol. The summed E-state index contributed by atoms with van der Waals surface area (Å²) in [6.45, 7) is 3.15. The number of nitrogens with zero attached hydrogens (tertiary/aromatic N) is 1. The molecule has 1 amide bonds. The minimum Gasteiger partial charge on any atom is -0.493 e. The molecule has 2 aromatic carbocycles. The molecule has 0 atom stereocenters. The Morgan fingerprint density at radius 1 is 1.00 bits per heavy atom. The molecule has 6 heteroatoms. The third-order valence-electron chi connectivity index (χ3n) is 4.57. The highest BCUT2D eigenvalue weighted by atomic mass is 16.5. The number of rotatable bonds is 9. The van der Waals surface area contributed by atoms with Crippen LogP contribution in [0.4, 0.5) is 0 Å². The van der Waals surface area contributed by atoms with Gasteiger partial charge in [0.2, 0.25) is 0 Å². The van der Waals surface area contributed by atoms with Crippen LogP contribution in [0.3, 0.4) is 0 Å². The smallest absolute Gasteiger partial charge is 0.290 e. The normalized spacial score (nSPS) is 10.4. The van der Waals surface area contributed by atoms with Gasteiger partial charge in [-0.1, -0.05) is 24.3 Å². The molecule has 0 unspecified atom stereocenters. The van der Waals surface area contributed by atoms with Gasteiger partial charge in [0.1, 0.15) is 12.4 Å². The maximum Gasteiger partial charge on any atom is 0.290 e. The molecule has 0 saturated carbocycles. The van der Waals surface area contributed by atoms with Gasteiger partial charge in [0.15, 0.2) is 17.3 Å². The first kappa shape index (κ1) is 20.3. The van der Waals surface area contributed by atoms with Crippen LogP contribution in [0, 0.1) is 0 Å². The minimum atomic E-state index is -0.182. The van der Waals surface area contributed by atoms with E-state index in [9.17, 15) is 4.79 Å². The van der Waals surface area contributed by atoms with E-state index in [0.29, 0.717) is 35.9 Å². The SMILES string of the molecule is CCN(Cc1ccc(OC)c(OC)c1)C(=O)c1occc1COc1ccccc1. The van der Waals surface area contributed by atoms with Crippen molar-refractivity contribution in [3.63, 3.8) is 0 Å². The Bertz CT molecular complexity index is 935. The largest absolute Gasteiger partial charge is 0.493 e. The third kappa shape index (κ3) is 4.90. The quantitative estimate of drug-likeness (QED) is 0.532. The van der Waals surface area contributed by atoms with Crippen molar-refractivity contribution in [2.24, 2.45) is 0 Å². The predicted octanol–water partition coefficient (Wildman–Crippen LogP) is 4.54. The highest BCUT2D eigenvalue weighted by Crippen LogP contribution is 2.28. The summed E-state index contributed by atoms with van der Waals surface area (Å²) in [6, 6.07) is 16.9. The number of carbonyl (C=O) groups is 1. The van der Waals surface area contributed by atoms with Crippen molar-refractivity contribution in [1.82, 2.24) is 4.90 Å². The fourth-order valence-corrected chi connectivity index (χ4v) is 2.98. The summed E-state index contributed by atoms with van der Waals surface area (Å²) < 4.78 is 21.9. The van der Waals surface area contributed by atoms with Crippen LogP contribution >= 0.6 is 0 Å². The molecule has 0 saturated heterocycles. The van der Waals surface area contributed by atoms with E-state index in [1.807, 2.05) is 55.5 Å². The van der Waals surface area contributed by atoms with Gasteiger partial charge in [-0.2, -0.15) is 0 Å². The number of hydrogen-bond donors (Lipinski definition) is 0. The lowest BCUT2D eigenvalue weighted by atomic mass is 10.1. The van der Waals surface area contributed by atoms with E-state index < -0.39 is 0 Å². The molecule has 0 fully saturated rings. The van der Waals surface area contributed by atoms with Gasteiger partial charge in [-0.15, -0.1) is 0 Å². The van der Waals surface area contributed by atoms with Gasteiger partial charge < -0.3 is 23.5 Å². The van der Waals surface area contributed by atoms with E-state index in [4.69, 9.17) is 18.6 Å². The van der Waals surface area contributed by atoms with Gasteiger partial charge >= 0.3 is 0 Å². The monoisotopic (exact) mass is 395 g/mol. The van der Waals surface area contributed by atoms with E-state index in [0.717, 1.165) is 11.3 Å². The molecule has 0 aliphatic heterocycles. The lowest BCUT2D eigenvalue weighted by Gasteiger charge is -2.21. The second-order valence-corrected chi connectivity index (χ2v) is 6.39. The molecular formula is C23H25NO5. The van der Waals surface area contributed by atoms with Gasteiger partial charge in [0.05, 0.1) is 20.5 Å². The van der Waals surface area contributed by atoms with Crippen molar-refractivity contribution in [2.45, 2.75) is 20.1 Å². The summed E-state index contributed by atoms with van der Waals surface area (Å²) >= 11 is 0. The number of para-hydroxylation sites is 1. The summed E-state index contributed by atoms with van der Waals surface area (Å²) in [5, 5.41) is 0. The molecule has 0 spiro atoms. The van der Waals surface area contributed by atoms with E-state index in [1.54, 1.807) is 25.2 Å². The van der Waals surface area contributed by atoms with E-state index in [2.05, 4.69) is 0 Å². The number of ether oxygens (including phenoxy) is 3. The molecule has 152 valence electrons. The topological polar surface area (TPSA) is 61.1 Å². The van der Waals surface area contributed by atoms with Crippen molar-refractivity contribution < 1.29 is 23.4 Å². The Kier molecular flexibility index (Phi) is 6.79. The van der Waals surface area contributed by atoms with E-state index in [-0.39, 0.29) is 12.5 Å². The molecule has 0 aliphatic carbocycles. The lowest BCUT2D eigenvalue weighted by Crippen LogP contribution is -2.30. The van der Waals surface area contributed by atoms with Crippen LogP contribution in [0.15, 0.2) is 65.3 Å². The number of benzene rings is 2. The van der Waals surface area contributed by atoms with Gasteiger partial charge in [0, 0.05) is 18.7 Å². The van der Waals surface area contributed by atoms with Crippen molar-refractivity contribution in [3.05, 3.63) is 77.7 Å². The maximum absolute atomic E-state index is 13.1. The van der Waals surface area contributed by atoms with Crippen LogP contribution in [-0.4, -0.2) is 31.6 Å². The van der Waals surface area contributed by atoms with Crippen LogP contribution in [0.2, 0.25) is 0 Å². The van der Waals surface area contributed by atoms with Crippen LogP contribution < -0.4 is 14.2 Å². The standard InChI is InChI=1S/C23H25NO5/c1-4-24(15-17-10-11-20(26-2)21(14-17)27-3)23(25)22-18(12-13-28-22)16-29-19-8-6-5-7-9-19/h5-14H,4,15-16H2,1-3H3. The van der Waals surface area contributed by atoms with Gasteiger partial charge in [0.25, 0.3) is 5.91 Å². The van der Waals surface area contributed by atoms with Crippen molar-refractivity contribution in [2.75, 3.05) is 20.8 Å².